The number of allylic oxidation sites excluding steroid dienone is 2. The third-order valence-corrected chi connectivity index (χ3v) is 7.35. The first-order chi connectivity index (χ1) is 15.6. The maximum absolute atomic E-state index is 13.6. The molecule has 3 aliphatic rings. The fourth-order valence-electron chi connectivity index (χ4n) is 5.85. The van der Waals surface area contributed by atoms with Gasteiger partial charge in [-0.25, -0.2) is 0 Å². The third kappa shape index (κ3) is 3.40. The molecule has 2 bridgehead atoms. The molecule has 0 spiro atoms. The Bertz CT molecular complexity index is 1090. The highest BCUT2D eigenvalue weighted by Crippen LogP contribution is 2.49. The first kappa shape index (κ1) is 21.1. The number of hydrogen-bond acceptors (Lipinski definition) is 6. The number of aromatic nitrogens is 2. The van der Waals surface area contributed by atoms with Crippen molar-refractivity contribution < 1.29 is 14.6 Å². The molecule has 1 N–H and O–H groups in total. The van der Waals surface area contributed by atoms with E-state index >= 15 is 0 Å². The molecule has 2 aromatic rings. The van der Waals surface area contributed by atoms with Crippen LogP contribution in [0.5, 0.6) is 0 Å². The Morgan fingerprint density at radius 2 is 2.12 bits per heavy atom. The van der Waals surface area contributed by atoms with Crippen LogP contribution < -0.4 is 5.56 Å². The molecular weight excluding hydrogens is 406 g/mol. The van der Waals surface area contributed by atoms with E-state index in [-0.39, 0.29) is 36.1 Å². The first-order valence-corrected chi connectivity index (χ1v) is 11.4. The Morgan fingerprint density at radius 3 is 2.81 bits per heavy atom. The van der Waals surface area contributed by atoms with Gasteiger partial charge in [-0.1, -0.05) is 12.1 Å². The summed E-state index contributed by atoms with van der Waals surface area (Å²) in [5.41, 5.74) is 3.60. The molecule has 0 amide bonds. The normalized spacial score (nSPS) is 27.0. The van der Waals surface area contributed by atoms with E-state index < -0.39 is 5.92 Å². The Kier molecular flexibility index (Phi) is 5.69. The number of rotatable bonds is 5. The van der Waals surface area contributed by atoms with Crippen LogP contribution in [0.2, 0.25) is 0 Å². The van der Waals surface area contributed by atoms with Crippen molar-refractivity contribution in [1.82, 2.24) is 14.5 Å². The minimum atomic E-state index is -0.536. The van der Waals surface area contributed by atoms with Crippen LogP contribution in [0, 0.1) is 11.8 Å². The fraction of sp³-hybridized carbons (Fsp3) is 0.480. The number of carbonyl (C=O) groups excluding carboxylic acids is 1. The number of fused-ring (bicyclic) bond motifs is 4. The number of nitrogens with zero attached hydrogens (tertiary/aromatic N) is 3. The summed E-state index contributed by atoms with van der Waals surface area (Å²) in [6, 6.07) is 9.19. The van der Waals surface area contributed by atoms with Crippen LogP contribution in [-0.4, -0.2) is 45.3 Å². The van der Waals surface area contributed by atoms with Crippen molar-refractivity contribution in [2.75, 3.05) is 13.7 Å². The lowest BCUT2D eigenvalue weighted by Crippen LogP contribution is -2.46. The van der Waals surface area contributed by atoms with Crippen LogP contribution in [0.1, 0.15) is 48.7 Å². The summed E-state index contributed by atoms with van der Waals surface area (Å²) in [5.74, 6) is -1.19. The highest BCUT2D eigenvalue weighted by atomic mass is 16.5. The van der Waals surface area contributed by atoms with Gasteiger partial charge < -0.3 is 14.4 Å². The largest absolute Gasteiger partial charge is 0.469 e. The summed E-state index contributed by atoms with van der Waals surface area (Å²) >= 11 is 0. The van der Waals surface area contributed by atoms with Gasteiger partial charge in [0.1, 0.15) is 0 Å². The second kappa shape index (κ2) is 8.64. The lowest BCUT2D eigenvalue weighted by molar-refractivity contribution is -0.148. The average Bonchev–Trinajstić information content (AvgIpc) is 3.04. The molecular formula is C25H29N3O4. The number of hydrogen-bond donors (Lipinski definition) is 1. The van der Waals surface area contributed by atoms with Gasteiger partial charge in [-0.3, -0.25) is 19.5 Å². The predicted octanol–water partition coefficient (Wildman–Crippen LogP) is 2.54. The van der Waals surface area contributed by atoms with Gasteiger partial charge in [0.2, 0.25) is 0 Å². The van der Waals surface area contributed by atoms with Crippen molar-refractivity contribution in [3.05, 3.63) is 69.9 Å². The van der Waals surface area contributed by atoms with Crippen molar-refractivity contribution in [2.24, 2.45) is 11.8 Å². The summed E-state index contributed by atoms with van der Waals surface area (Å²) in [5, 5.41) is 10.3. The summed E-state index contributed by atoms with van der Waals surface area (Å²) in [6.07, 6.45) is 8.15. The fourth-order valence-corrected chi connectivity index (χ4v) is 5.85. The molecule has 2 aromatic heterocycles. The van der Waals surface area contributed by atoms with Crippen LogP contribution in [0.15, 0.2) is 47.4 Å². The number of ether oxygens (including phenoxy) is 1. The van der Waals surface area contributed by atoms with Gasteiger partial charge >= 0.3 is 5.97 Å². The van der Waals surface area contributed by atoms with Gasteiger partial charge in [-0.15, -0.1) is 0 Å². The monoisotopic (exact) mass is 435 g/mol. The Hall–Kier alpha value is -2.77. The number of aliphatic hydroxyl groups is 1. The van der Waals surface area contributed by atoms with Crippen molar-refractivity contribution in [3.8, 4) is 0 Å². The number of aliphatic hydroxyl groups excluding tert-OH is 1. The molecule has 0 aromatic carbocycles. The van der Waals surface area contributed by atoms with Gasteiger partial charge in [0, 0.05) is 49.1 Å². The molecule has 2 aliphatic heterocycles. The summed E-state index contributed by atoms with van der Waals surface area (Å²) < 4.78 is 6.98. The van der Waals surface area contributed by atoms with E-state index in [1.165, 1.54) is 13.5 Å². The molecule has 1 saturated heterocycles. The Labute approximate surface area is 187 Å². The number of esters is 1. The lowest BCUT2D eigenvalue weighted by atomic mass is 9.87. The minimum absolute atomic E-state index is 0.00495. The van der Waals surface area contributed by atoms with E-state index in [1.807, 2.05) is 34.9 Å². The van der Waals surface area contributed by atoms with E-state index in [4.69, 9.17) is 4.74 Å². The van der Waals surface area contributed by atoms with E-state index in [9.17, 15) is 14.7 Å². The van der Waals surface area contributed by atoms with Crippen LogP contribution >= 0.6 is 0 Å². The van der Waals surface area contributed by atoms with Gasteiger partial charge in [0.25, 0.3) is 5.56 Å². The molecule has 168 valence electrons. The number of carbonyl (C=O) groups is 1. The molecule has 0 saturated carbocycles. The first-order valence-electron chi connectivity index (χ1n) is 11.4. The SMILES string of the molecule is COC(=O)[C@H]1[C@H](CO)[C@H]2Cn3c(ccc(C4=CCCCC4)c3=O)[C@@H]1N2Cc1ccccn1. The zero-order valence-corrected chi connectivity index (χ0v) is 18.3. The predicted molar refractivity (Wildman–Crippen MR) is 120 cm³/mol. The second-order valence-electron chi connectivity index (χ2n) is 8.96. The maximum Gasteiger partial charge on any atom is 0.311 e. The van der Waals surface area contributed by atoms with Gasteiger partial charge in [0.05, 0.1) is 24.8 Å². The molecule has 0 radical (unpaired) electrons. The van der Waals surface area contributed by atoms with Crippen LogP contribution in [0.4, 0.5) is 0 Å². The van der Waals surface area contributed by atoms with E-state index in [0.717, 1.165) is 41.8 Å². The Morgan fingerprint density at radius 1 is 1.25 bits per heavy atom. The van der Waals surface area contributed by atoms with Crippen molar-refractivity contribution >= 4 is 11.5 Å². The number of methoxy groups -OCH3 is 1. The Balaban J connectivity index is 1.61. The molecule has 32 heavy (non-hydrogen) atoms. The molecule has 1 aliphatic carbocycles. The van der Waals surface area contributed by atoms with Crippen molar-refractivity contribution in [1.29, 1.82) is 0 Å². The van der Waals surface area contributed by atoms with Crippen molar-refractivity contribution in [3.63, 3.8) is 0 Å². The molecule has 7 heteroatoms. The van der Waals surface area contributed by atoms with Gasteiger partial charge in [-0.05, 0) is 55.5 Å². The van der Waals surface area contributed by atoms with Crippen LogP contribution in [0.25, 0.3) is 5.57 Å². The molecule has 0 unspecified atom stereocenters. The smallest absolute Gasteiger partial charge is 0.311 e. The maximum atomic E-state index is 13.6. The summed E-state index contributed by atoms with van der Waals surface area (Å²) in [7, 11) is 1.38. The molecule has 1 fully saturated rings. The average molecular weight is 436 g/mol. The van der Waals surface area contributed by atoms with E-state index in [1.54, 1.807) is 6.20 Å². The molecule has 4 atom stereocenters. The molecule has 5 rings (SSSR count). The quantitative estimate of drug-likeness (QED) is 0.727. The summed E-state index contributed by atoms with van der Waals surface area (Å²) in [6.45, 7) is 0.846. The van der Waals surface area contributed by atoms with Crippen LogP contribution in [0.3, 0.4) is 0 Å². The zero-order valence-electron chi connectivity index (χ0n) is 18.3. The topological polar surface area (TPSA) is 84.7 Å². The van der Waals surface area contributed by atoms with E-state index in [2.05, 4.69) is 16.0 Å². The molecule has 4 heterocycles. The zero-order chi connectivity index (χ0) is 22.2. The third-order valence-electron chi connectivity index (χ3n) is 7.35. The van der Waals surface area contributed by atoms with Crippen LogP contribution in [-0.2, 0) is 22.6 Å². The number of pyridine rings is 2. The lowest BCUT2D eigenvalue weighted by Gasteiger charge is -2.38. The highest BCUT2D eigenvalue weighted by Gasteiger charge is 2.56. The van der Waals surface area contributed by atoms with E-state index in [0.29, 0.717) is 13.1 Å². The molecule has 7 nitrogen and oxygen atoms in total. The second-order valence-corrected chi connectivity index (χ2v) is 8.96. The van der Waals surface area contributed by atoms with Gasteiger partial charge in [-0.2, -0.15) is 0 Å². The minimum Gasteiger partial charge on any atom is -0.469 e. The summed E-state index contributed by atoms with van der Waals surface area (Å²) in [4.78, 5) is 33.1. The standard InChI is InChI=1S/C25H29N3O4/c1-32-25(31)22-19(15-29)21-14-28-20(23(22)27(21)13-17-9-5-6-12-26-17)11-10-18(24(28)30)16-7-3-2-4-8-16/h5-7,9-12,19,21-23,29H,2-4,8,13-15H2,1H3/t19-,21-,22+,23+/m1/s1. The highest BCUT2D eigenvalue weighted by molar-refractivity contribution is 5.75. The van der Waals surface area contributed by atoms with Gasteiger partial charge in [0.15, 0.2) is 0 Å². The van der Waals surface area contributed by atoms with Crippen molar-refractivity contribution in [2.45, 2.75) is 50.9 Å².